The van der Waals surface area contributed by atoms with Gasteiger partial charge in [-0.25, -0.2) is 0 Å². The second kappa shape index (κ2) is 14.9. The number of hydrogen-bond acceptors (Lipinski definition) is 2. The number of fused-ring (bicyclic) bond motifs is 10. The van der Waals surface area contributed by atoms with E-state index in [0.717, 1.165) is 78.2 Å². The first-order valence-corrected chi connectivity index (χ1v) is 23.2. The molecule has 1 aliphatic rings. The van der Waals surface area contributed by atoms with Gasteiger partial charge in [-0.3, -0.25) is 0 Å². The molecule has 0 fully saturated rings. The van der Waals surface area contributed by atoms with Gasteiger partial charge in [-0.15, -0.1) is 0 Å². The second-order valence-electron chi connectivity index (χ2n) is 17.9. The Bertz CT molecular complexity index is 4170. The van der Waals surface area contributed by atoms with Crippen molar-refractivity contribution in [3.63, 3.8) is 0 Å². The van der Waals surface area contributed by atoms with E-state index < -0.39 is 0 Å². The van der Waals surface area contributed by atoms with Crippen molar-refractivity contribution in [2.45, 2.75) is 12.3 Å². The van der Waals surface area contributed by atoms with Crippen molar-refractivity contribution in [3.8, 4) is 50.2 Å². The van der Waals surface area contributed by atoms with Crippen LogP contribution < -0.4 is 0 Å². The molecule has 1 unspecified atom stereocenters. The molecule has 10 aromatic carbocycles. The van der Waals surface area contributed by atoms with Crippen molar-refractivity contribution in [1.82, 2.24) is 4.57 Å². The molecule has 0 saturated heterocycles. The maximum atomic E-state index is 6.41. The summed E-state index contributed by atoms with van der Waals surface area (Å²) in [5.41, 5.74) is 17.6. The van der Waals surface area contributed by atoms with Crippen LogP contribution in [0.3, 0.4) is 0 Å². The van der Waals surface area contributed by atoms with Gasteiger partial charge in [0.1, 0.15) is 22.3 Å². The average Bonchev–Trinajstić information content (AvgIpc) is 4.08. The van der Waals surface area contributed by atoms with Gasteiger partial charge in [-0.05, 0) is 129 Å². The number of allylic oxidation sites excluding steroid dienone is 4. The van der Waals surface area contributed by atoms with Gasteiger partial charge in [0, 0.05) is 55.0 Å². The fourth-order valence-corrected chi connectivity index (χ4v) is 10.9. The number of aromatic nitrogens is 1. The van der Waals surface area contributed by atoms with E-state index in [0.29, 0.717) is 0 Å². The molecule has 67 heavy (non-hydrogen) atoms. The third kappa shape index (κ3) is 6.05. The molecule has 13 aromatic rings. The van der Waals surface area contributed by atoms with E-state index in [4.69, 9.17) is 8.83 Å². The first kappa shape index (κ1) is 37.7. The fraction of sp³-hybridized carbons (Fsp3) is 0.0312. The molecular formula is C64H41NO2. The van der Waals surface area contributed by atoms with Crippen LogP contribution in [-0.2, 0) is 0 Å². The highest BCUT2D eigenvalue weighted by Crippen LogP contribution is 2.47. The standard InChI is InChI=1S/C64H41NO2/c1-3-14-40(15-4-1)46-36-53(44-28-32-61-55(34-44)51-21-9-11-24-59(51)66-61)63-57(38-46)58-39-47(41-16-5-2-6-17-41)37-54(45-29-33-62-56(35-45)52-22-10-12-25-60(52)67-62)64(58)65(63)48-30-26-43(27-31-48)50-23-13-19-42-18-7-8-20-49(42)50/h1-16,18-39,41H,17H2. The zero-order chi connectivity index (χ0) is 44.0. The maximum absolute atomic E-state index is 6.41. The van der Waals surface area contributed by atoms with Crippen LogP contribution in [0.4, 0.5) is 0 Å². The monoisotopic (exact) mass is 855 g/mol. The third-order valence-corrected chi connectivity index (χ3v) is 14.1. The zero-order valence-corrected chi connectivity index (χ0v) is 36.5. The first-order chi connectivity index (χ1) is 33.2. The van der Waals surface area contributed by atoms with Gasteiger partial charge in [0.15, 0.2) is 0 Å². The molecule has 314 valence electrons. The van der Waals surface area contributed by atoms with E-state index >= 15 is 0 Å². The smallest absolute Gasteiger partial charge is 0.135 e. The SMILES string of the molecule is C1=CCC(c2cc(-c3ccc4oc5ccccc5c4c3)c3c(c2)c2cc(-c4ccccc4)cc(-c4ccc5oc6ccccc6c5c4)c2n3-c2ccc(-c3cccc4ccccc34)cc2)C=C1. The number of rotatable bonds is 6. The lowest BCUT2D eigenvalue weighted by Gasteiger charge is -2.18. The van der Waals surface area contributed by atoms with Crippen molar-refractivity contribution in [1.29, 1.82) is 0 Å². The summed E-state index contributed by atoms with van der Waals surface area (Å²) in [6.45, 7) is 0. The van der Waals surface area contributed by atoms with E-state index in [1.807, 2.05) is 12.1 Å². The van der Waals surface area contributed by atoms with Gasteiger partial charge >= 0.3 is 0 Å². The van der Waals surface area contributed by atoms with Gasteiger partial charge in [-0.1, -0.05) is 158 Å². The van der Waals surface area contributed by atoms with Crippen LogP contribution in [0.25, 0.3) is 127 Å². The minimum atomic E-state index is 0.235. The Labute approximate surface area is 386 Å². The van der Waals surface area contributed by atoms with Crippen molar-refractivity contribution in [3.05, 3.63) is 236 Å². The van der Waals surface area contributed by atoms with Gasteiger partial charge < -0.3 is 13.4 Å². The largest absolute Gasteiger partial charge is 0.456 e. The number of para-hydroxylation sites is 2. The summed E-state index contributed by atoms with van der Waals surface area (Å²) in [7, 11) is 0. The summed E-state index contributed by atoms with van der Waals surface area (Å²) in [4.78, 5) is 0. The third-order valence-electron chi connectivity index (χ3n) is 14.1. The van der Waals surface area contributed by atoms with Crippen molar-refractivity contribution in [2.75, 3.05) is 0 Å². The molecule has 0 aliphatic heterocycles. The topological polar surface area (TPSA) is 31.2 Å². The molecule has 3 nitrogen and oxygen atoms in total. The molecule has 1 atom stereocenters. The highest BCUT2D eigenvalue weighted by Gasteiger charge is 2.25. The van der Waals surface area contributed by atoms with Gasteiger partial charge in [0.2, 0.25) is 0 Å². The first-order valence-electron chi connectivity index (χ1n) is 23.2. The molecule has 3 aromatic heterocycles. The van der Waals surface area contributed by atoms with E-state index in [1.165, 1.54) is 60.4 Å². The second-order valence-corrected chi connectivity index (χ2v) is 17.9. The van der Waals surface area contributed by atoms with Gasteiger partial charge in [-0.2, -0.15) is 0 Å². The molecule has 0 bridgehead atoms. The molecule has 1 aliphatic carbocycles. The fourth-order valence-electron chi connectivity index (χ4n) is 10.9. The Hall–Kier alpha value is -8.66. The molecular weight excluding hydrogens is 815 g/mol. The summed E-state index contributed by atoms with van der Waals surface area (Å²) in [6.07, 6.45) is 9.96. The number of benzene rings is 10. The molecule has 0 saturated carbocycles. The van der Waals surface area contributed by atoms with Crippen LogP contribution >= 0.6 is 0 Å². The summed E-state index contributed by atoms with van der Waals surface area (Å²) < 4.78 is 15.4. The van der Waals surface area contributed by atoms with Crippen LogP contribution in [0.2, 0.25) is 0 Å². The van der Waals surface area contributed by atoms with E-state index in [-0.39, 0.29) is 5.92 Å². The van der Waals surface area contributed by atoms with Crippen LogP contribution in [0.1, 0.15) is 17.9 Å². The minimum absolute atomic E-state index is 0.235. The van der Waals surface area contributed by atoms with Crippen molar-refractivity contribution >= 4 is 76.5 Å². The lowest BCUT2D eigenvalue weighted by atomic mass is 9.88. The summed E-state index contributed by atoms with van der Waals surface area (Å²) >= 11 is 0. The summed E-state index contributed by atoms with van der Waals surface area (Å²) in [6, 6.07) is 75.3. The Kier molecular flexibility index (Phi) is 8.41. The highest BCUT2D eigenvalue weighted by atomic mass is 16.3. The van der Waals surface area contributed by atoms with Crippen molar-refractivity contribution < 1.29 is 8.83 Å². The number of nitrogens with zero attached hydrogens (tertiary/aromatic N) is 1. The minimum Gasteiger partial charge on any atom is -0.456 e. The van der Waals surface area contributed by atoms with Crippen molar-refractivity contribution in [2.24, 2.45) is 0 Å². The zero-order valence-electron chi connectivity index (χ0n) is 36.5. The van der Waals surface area contributed by atoms with Crippen LogP contribution in [-0.4, -0.2) is 4.57 Å². The maximum Gasteiger partial charge on any atom is 0.135 e. The highest BCUT2D eigenvalue weighted by molar-refractivity contribution is 6.20. The lowest BCUT2D eigenvalue weighted by Crippen LogP contribution is -2.00. The molecule has 0 spiro atoms. The summed E-state index contributed by atoms with van der Waals surface area (Å²) in [5, 5.41) is 9.35. The number of furan rings is 2. The van der Waals surface area contributed by atoms with Crippen LogP contribution in [0, 0.1) is 0 Å². The molecule has 0 N–H and O–H groups in total. The molecule has 3 heterocycles. The van der Waals surface area contributed by atoms with E-state index in [9.17, 15) is 0 Å². The van der Waals surface area contributed by atoms with Crippen LogP contribution in [0.15, 0.2) is 239 Å². The Morgan fingerprint density at radius 2 is 0.925 bits per heavy atom. The molecule has 14 rings (SSSR count). The van der Waals surface area contributed by atoms with Gasteiger partial charge in [0.05, 0.1) is 11.0 Å². The Morgan fingerprint density at radius 1 is 0.358 bits per heavy atom. The molecule has 0 radical (unpaired) electrons. The summed E-state index contributed by atoms with van der Waals surface area (Å²) in [5.74, 6) is 0.235. The Morgan fingerprint density at radius 3 is 1.61 bits per heavy atom. The average molecular weight is 856 g/mol. The predicted octanol–water partition coefficient (Wildman–Crippen LogP) is 18.0. The normalized spacial score (nSPS) is 13.9. The van der Waals surface area contributed by atoms with E-state index in [2.05, 4.69) is 223 Å². The Balaban J connectivity index is 1.12. The molecule has 0 amide bonds. The predicted molar refractivity (Wildman–Crippen MR) is 280 cm³/mol. The van der Waals surface area contributed by atoms with Gasteiger partial charge in [0.25, 0.3) is 0 Å². The quantitative estimate of drug-likeness (QED) is 0.167. The lowest BCUT2D eigenvalue weighted by molar-refractivity contribution is 0.668. The van der Waals surface area contributed by atoms with E-state index in [1.54, 1.807) is 0 Å². The number of hydrogen-bond donors (Lipinski definition) is 0. The van der Waals surface area contributed by atoms with Crippen LogP contribution in [0.5, 0.6) is 0 Å². The molecule has 3 heteroatoms.